The lowest BCUT2D eigenvalue weighted by Gasteiger charge is -2.29. The first-order valence-electron chi connectivity index (χ1n) is 10.4. The fourth-order valence-electron chi connectivity index (χ4n) is 4.07. The van der Waals surface area contributed by atoms with Crippen LogP contribution in [-0.2, 0) is 14.8 Å². The fraction of sp³-hybridized carbons (Fsp3) is 0.526. The molecule has 2 fully saturated rings. The van der Waals surface area contributed by atoms with Crippen LogP contribution in [0.5, 0.6) is 0 Å². The molecule has 14 heteroatoms. The largest absolute Gasteiger partial charge is 0.444 e. The number of carbonyl (C=O) groups is 1. The van der Waals surface area contributed by atoms with E-state index in [1.165, 1.54) is 12.3 Å². The first-order valence-corrected chi connectivity index (χ1v) is 13.5. The number of nitrogens with one attached hydrogen (secondary N) is 3. The second-order valence-electron chi connectivity index (χ2n) is 8.03. The van der Waals surface area contributed by atoms with Gasteiger partial charge >= 0.3 is 6.09 Å². The molecule has 2 aromatic rings. The zero-order valence-electron chi connectivity index (χ0n) is 17.4. The number of anilines is 1. The van der Waals surface area contributed by atoms with Crippen molar-refractivity contribution < 1.29 is 17.9 Å². The van der Waals surface area contributed by atoms with E-state index >= 15 is 0 Å². The molecule has 2 aliphatic rings. The fourth-order valence-corrected chi connectivity index (χ4v) is 7.08. The van der Waals surface area contributed by atoms with Crippen LogP contribution < -0.4 is 20.5 Å². The molecule has 0 aromatic carbocycles. The topological polar surface area (TPSA) is 133 Å². The molecule has 1 saturated carbocycles. The first-order chi connectivity index (χ1) is 15.7. The number of carbonyl (C=O) groups excluding carboxylic acids is 1. The molecule has 1 aliphatic carbocycles. The summed E-state index contributed by atoms with van der Waals surface area (Å²) in [6, 6.07) is 2.77. The average Bonchev–Trinajstić information content (AvgIpc) is 3.41. The van der Waals surface area contributed by atoms with Gasteiger partial charge in [-0.2, -0.15) is 5.10 Å². The van der Waals surface area contributed by atoms with Gasteiger partial charge in [-0.15, -0.1) is 11.3 Å². The number of hydrogen-bond donors (Lipinski definition) is 3. The summed E-state index contributed by atoms with van der Waals surface area (Å²) in [7, 11) is -3.60. The van der Waals surface area contributed by atoms with Crippen molar-refractivity contribution in [3.05, 3.63) is 38.0 Å². The van der Waals surface area contributed by atoms with Gasteiger partial charge in [-0.25, -0.2) is 23.0 Å². The quantitative estimate of drug-likeness (QED) is 0.517. The van der Waals surface area contributed by atoms with Gasteiger partial charge < -0.3 is 15.0 Å². The second-order valence-corrected chi connectivity index (χ2v) is 12.1. The van der Waals surface area contributed by atoms with Gasteiger partial charge in [0.2, 0.25) is 10.0 Å². The van der Waals surface area contributed by atoms with E-state index in [1.54, 1.807) is 6.07 Å². The third-order valence-electron chi connectivity index (χ3n) is 5.72. The molecular weight excluding hydrogens is 513 g/mol. The van der Waals surface area contributed by atoms with Gasteiger partial charge in [0.15, 0.2) is 0 Å². The number of alkyl carbamates (subject to hydrolysis) is 1. The molecule has 1 atom stereocenters. The number of nitrogens with zero attached hydrogens (tertiary/aromatic N) is 2. The minimum atomic E-state index is -3.60. The minimum Gasteiger partial charge on any atom is -0.444 e. The standard InChI is InChI=1S/C19H23Cl2N5O5S2/c20-15-5-6-16(32-15)33(29,30)25-12-3-1-11(2-4-12)23-19(28)31-13-7-8-26(10-13)14-9-22-24-18(27)17(14)21/h5-6,9,11-13,25H,1-4,7-8,10H2,(H,23,28)(H,24,27)/t11?,12?,13-/m1/s1. The highest BCUT2D eigenvalue weighted by Gasteiger charge is 2.30. The lowest BCUT2D eigenvalue weighted by molar-refractivity contribution is 0.102. The predicted molar refractivity (Wildman–Crippen MR) is 126 cm³/mol. The molecule has 3 heterocycles. The molecule has 10 nitrogen and oxygen atoms in total. The Kier molecular flexibility index (Phi) is 7.49. The van der Waals surface area contributed by atoms with E-state index in [0.29, 0.717) is 55.2 Å². The monoisotopic (exact) mass is 535 g/mol. The van der Waals surface area contributed by atoms with Gasteiger partial charge in [0.1, 0.15) is 15.3 Å². The molecular formula is C19H23Cl2N5O5S2. The molecule has 1 amide bonds. The molecule has 33 heavy (non-hydrogen) atoms. The highest BCUT2D eigenvalue weighted by molar-refractivity contribution is 7.91. The van der Waals surface area contributed by atoms with Gasteiger partial charge in [-0.3, -0.25) is 4.79 Å². The van der Waals surface area contributed by atoms with Crippen LogP contribution in [0, 0.1) is 0 Å². The molecule has 1 saturated heterocycles. The molecule has 1 aliphatic heterocycles. The van der Waals surface area contributed by atoms with Crippen molar-refractivity contribution in [2.24, 2.45) is 0 Å². The highest BCUT2D eigenvalue weighted by Crippen LogP contribution is 2.28. The molecule has 0 radical (unpaired) electrons. The number of aromatic amines is 1. The predicted octanol–water partition coefficient (Wildman–Crippen LogP) is 2.73. The van der Waals surface area contributed by atoms with Crippen LogP contribution in [0.4, 0.5) is 10.5 Å². The maximum absolute atomic E-state index is 12.5. The summed E-state index contributed by atoms with van der Waals surface area (Å²) in [4.78, 5) is 25.9. The molecule has 180 valence electrons. The smallest absolute Gasteiger partial charge is 0.407 e. The summed E-state index contributed by atoms with van der Waals surface area (Å²) in [5.74, 6) is 0. The minimum absolute atomic E-state index is 0.0599. The molecule has 0 bridgehead atoms. The number of aromatic nitrogens is 2. The van der Waals surface area contributed by atoms with Crippen LogP contribution in [0.25, 0.3) is 0 Å². The molecule has 0 spiro atoms. The van der Waals surface area contributed by atoms with E-state index in [9.17, 15) is 18.0 Å². The average molecular weight is 536 g/mol. The molecule has 2 aromatic heterocycles. The van der Waals surface area contributed by atoms with Crippen molar-refractivity contribution in [3.63, 3.8) is 0 Å². The Morgan fingerprint density at radius 1 is 1.18 bits per heavy atom. The zero-order valence-corrected chi connectivity index (χ0v) is 20.6. The van der Waals surface area contributed by atoms with Crippen LogP contribution >= 0.6 is 34.5 Å². The first kappa shape index (κ1) is 24.3. The lowest BCUT2D eigenvalue weighted by Crippen LogP contribution is -2.44. The van der Waals surface area contributed by atoms with E-state index < -0.39 is 21.7 Å². The Hall–Kier alpha value is -1.86. The summed E-state index contributed by atoms with van der Waals surface area (Å²) < 4.78 is 33.8. The lowest BCUT2D eigenvalue weighted by atomic mass is 9.92. The van der Waals surface area contributed by atoms with Gasteiger partial charge in [-0.05, 0) is 37.8 Å². The Labute approximate surface area is 204 Å². The SMILES string of the molecule is O=C(NC1CCC(NS(=O)(=O)c2ccc(Cl)s2)CC1)O[C@@H]1CCN(c2cn[nH]c(=O)c2Cl)C1. The number of halogens is 2. The number of hydrogen-bond acceptors (Lipinski definition) is 8. The van der Waals surface area contributed by atoms with Crippen LogP contribution in [0.15, 0.2) is 27.3 Å². The summed E-state index contributed by atoms with van der Waals surface area (Å²) in [5.41, 5.74) is 0.0471. The second kappa shape index (κ2) is 10.2. The number of rotatable bonds is 6. The Balaban J connectivity index is 1.21. The maximum Gasteiger partial charge on any atom is 0.407 e. The number of H-pyrrole nitrogens is 1. The normalized spacial score (nSPS) is 23.5. The number of amides is 1. The van der Waals surface area contributed by atoms with Gasteiger partial charge in [0.05, 0.1) is 22.8 Å². The third-order valence-corrected chi connectivity index (χ3v) is 9.33. The molecule has 3 N–H and O–H groups in total. The van der Waals surface area contributed by atoms with Gasteiger partial charge in [-0.1, -0.05) is 23.2 Å². The van der Waals surface area contributed by atoms with Crippen LogP contribution in [0.3, 0.4) is 0 Å². The Morgan fingerprint density at radius 2 is 1.91 bits per heavy atom. The van der Waals surface area contributed by atoms with E-state index in [-0.39, 0.29) is 27.4 Å². The van der Waals surface area contributed by atoms with Crippen molar-refractivity contribution in [1.82, 2.24) is 20.2 Å². The van der Waals surface area contributed by atoms with Crippen LogP contribution in [0.1, 0.15) is 32.1 Å². The van der Waals surface area contributed by atoms with Crippen molar-refractivity contribution in [2.75, 3.05) is 18.0 Å². The van der Waals surface area contributed by atoms with Crippen molar-refractivity contribution >= 4 is 56.3 Å². The molecule has 4 rings (SSSR count). The number of sulfonamides is 1. The maximum atomic E-state index is 12.5. The zero-order chi connectivity index (χ0) is 23.6. The van der Waals surface area contributed by atoms with Gasteiger partial charge in [0, 0.05) is 25.0 Å². The van der Waals surface area contributed by atoms with Crippen molar-refractivity contribution in [3.8, 4) is 0 Å². The summed E-state index contributed by atoms with van der Waals surface area (Å²) >= 11 is 12.9. The van der Waals surface area contributed by atoms with Crippen molar-refractivity contribution in [1.29, 1.82) is 0 Å². The van der Waals surface area contributed by atoms with Crippen molar-refractivity contribution in [2.45, 2.75) is 54.5 Å². The number of ether oxygens (including phenoxy) is 1. The third kappa shape index (κ3) is 5.99. The van der Waals surface area contributed by atoms with E-state index in [1.807, 2.05) is 4.90 Å². The highest BCUT2D eigenvalue weighted by atomic mass is 35.5. The van der Waals surface area contributed by atoms with Crippen LogP contribution in [-0.4, -0.2) is 56.0 Å². The summed E-state index contributed by atoms with van der Waals surface area (Å²) in [5, 5.41) is 8.98. The van der Waals surface area contributed by atoms with E-state index in [2.05, 4.69) is 20.2 Å². The number of thiophene rings is 1. The van der Waals surface area contributed by atoms with E-state index in [4.69, 9.17) is 27.9 Å². The summed E-state index contributed by atoms with van der Waals surface area (Å²) in [6.45, 7) is 1.00. The Bertz CT molecular complexity index is 1160. The molecule has 0 unspecified atom stereocenters. The van der Waals surface area contributed by atoms with Gasteiger partial charge in [0.25, 0.3) is 5.56 Å². The van der Waals surface area contributed by atoms with E-state index in [0.717, 1.165) is 11.3 Å². The Morgan fingerprint density at radius 3 is 2.61 bits per heavy atom. The summed E-state index contributed by atoms with van der Waals surface area (Å²) in [6.07, 6.45) is 3.74. The van der Waals surface area contributed by atoms with Crippen LogP contribution in [0.2, 0.25) is 9.36 Å².